The van der Waals surface area contributed by atoms with Gasteiger partial charge in [-0.25, -0.2) is 4.79 Å². The Morgan fingerprint density at radius 3 is 2.07 bits per heavy atom. The molecule has 0 spiro atoms. The van der Waals surface area contributed by atoms with Crippen LogP contribution in [0.15, 0.2) is 78.9 Å². The standard InChI is InChI=1S/C25H25NO3/c1-17(25(2,28)18-10-4-3-5-11-18)26-24(27)29-16-23-21-14-8-6-12-19(21)20-13-7-9-15-22(20)23/h3-15,17,23,28H,16H2,1-2H3,(H,26,27)/t17-,25-/m1/s1. The maximum absolute atomic E-state index is 12.5. The van der Waals surface area contributed by atoms with Crippen molar-refractivity contribution in [1.82, 2.24) is 5.32 Å². The summed E-state index contributed by atoms with van der Waals surface area (Å²) in [5.74, 6) is 0.0121. The molecule has 0 saturated heterocycles. The first-order chi connectivity index (χ1) is 14.0. The second-order valence-electron chi connectivity index (χ2n) is 7.71. The van der Waals surface area contributed by atoms with E-state index in [1.807, 2.05) is 54.6 Å². The van der Waals surface area contributed by atoms with Gasteiger partial charge >= 0.3 is 6.09 Å². The lowest BCUT2D eigenvalue weighted by molar-refractivity contribution is 0.0195. The Labute approximate surface area is 171 Å². The molecule has 2 atom stereocenters. The summed E-state index contributed by atoms with van der Waals surface area (Å²) in [7, 11) is 0. The molecule has 0 unspecified atom stereocenters. The molecule has 4 nitrogen and oxygen atoms in total. The van der Waals surface area contributed by atoms with Crippen molar-refractivity contribution < 1.29 is 14.6 Å². The van der Waals surface area contributed by atoms with Crippen molar-refractivity contribution >= 4 is 6.09 Å². The van der Waals surface area contributed by atoms with Crippen LogP contribution in [-0.2, 0) is 10.3 Å². The molecule has 0 saturated carbocycles. The number of carbonyl (C=O) groups excluding carboxylic acids is 1. The summed E-state index contributed by atoms with van der Waals surface area (Å²) in [5, 5.41) is 13.7. The minimum Gasteiger partial charge on any atom is -0.449 e. The van der Waals surface area contributed by atoms with Crippen LogP contribution in [0.1, 0.15) is 36.5 Å². The third-order valence-corrected chi connectivity index (χ3v) is 5.88. The van der Waals surface area contributed by atoms with Gasteiger partial charge in [0.1, 0.15) is 12.2 Å². The highest BCUT2D eigenvalue weighted by molar-refractivity contribution is 5.79. The Balaban J connectivity index is 1.44. The molecule has 1 aliphatic rings. The van der Waals surface area contributed by atoms with E-state index in [2.05, 4.69) is 29.6 Å². The van der Waals surface area contributed by atoms with Gasteiger partial charge in [-0.05, 0) is 41.7 Å². The maximum Gasteiger partial charge on any atom is 0.407 e. The number of rotatable bonds is 5. The lowest BCUT2D eigenvalue weighted by atomic mass is 9.89. The quantitative estimate of drug-likeness (QED) is 0.660. The summed E-state index contributed by atoms with van der Waals surface area (Å²) >= 11 is 0. The Morgan fingerprint density at radius 2 is 1.48 bits per heavy atom. The molecule has 4 rings (SSSR count). The van der Waals surface area contributed by atoms with Crippen molar-refractivity contribution in [2.75, 3.05) is 6.61 Å². The highest BCUT2D eigenvalue weighted by atomic mass is 16.5. The number of hydrogen-bond donors (Lipinski definition) is 2. The Kier molecular flexibility index (Phi) is 5.12. The first-order valence-corrected chi connectivity index (χ1v) is 9.88. The first kappa shape index (κ1) is 19.2. The van der Waals surface area contributed by atoms with E-state index in [0.29, 0.717) is 0 Å². The number of alkyl carbamates (subject to hydrolysis) is 1. The smallest absolute Gasteiger partial charge is 0.407 e. The highest BCUT2D eigenvalue weighted by Crippen LogP contribution is 2.44. The van der Waals surface area contributed by atoms with Gasteiger partial charge in [-0.2, -0.15) is 0 Å². The van der Waals surface area contributed by atoms with Crippen molar-refractivity contribution in [3.8, 4) is 11.1 Å². The molecule has 0 aliphatic heterocycles. The van der Waals surface area contributed by atoms with Gasteiger partial charge in [-0.15, -0.1) is 0 Å². The van der Waals surface area contributed by atoms with Crippen LogP contribution in [0.25, 0.3) is 11.1 Å². The molecule has 148 valence electrons. The molecule has 0 aromatic heterocycles. The summed E-state index contributed by atoms with van der Waals surface area (Å²) in [6.07, 6.45) is -0.532. The third kappa shape index (κ3) is 3.64. The Bertz CT molecular complexity index is 968. The zero-order valence-electron chi connectivity index (χ0n) is 16.6. The fourth-order valence-electron chi connectivity index (χ4n) is 3.98. The number of fused-ring (bicyclic) bond motifs is 3. The van der Waals surface area contributed by atoms with Crippen LogP contribution >= 0.6 is 0 Å². The molecule has 0 heterocycles. The van der Waals surface area contributed by atoms with Crippen LogP contribution in [0.3, 0.4) is 0 Å². The number of amides is 1. The minimum absolute atomic E-state index is 0.0121. The third-order valence-electron chi connectivity index (χ3n) is 5.88. The number of benzene rings is 3. The molecule has 1 amide bonds. The van der Waals surface area contributed by atoms with Gasteiger partial charge in [-0.3, -0.25) is 0 Å². The molecule has 3 aromatic rings. The molecule has 2 N–H and O–H groups in total. The van der Waals surface area contributed by atoms with Gasteiger partial charge in [0.15, 0.2) is 0 Å². The van der Waals surface area contributed by atoms with Gasteiger partial charge in [0, 0.05) is 5.92 Å². The van der Waals surface area contributed by atoms with E-state index >= 15 is 0 Å². The lowest BCUT2D eigenvalue weighted by Gasteiger charge is -2.31. The summed E-state index contributed by atoms with van der Waals surface area (Å²) < 4.78 is 5.58. The number of nitrogens with one attached hydrogen (secondary N) is 1. The van der Waals surface area contributed by atoms with E-state index in [-0.39, 0.29) is 12.5 Å². The van der Waals surface area contributed by atoms with Crippen molar-refractivity contribution in [2.24, 2.45) is 0 Å². The normalized spacial score (nSPS) is 15.7. The van der Waals surface area contributed by atoms with Gasteiger partial charge in [0.05, 0.1) is 6.04 Å². The zero-order valence-corrected chi connectivity index (χ0v) is 16.6. The molecular formula is C25H25NO3. The maximum atomic E-state index is 12.5. The molecule has 0 fully saturated rings. The lowest BCUT2D eigenvalue weighted by Crippen LogP contribution is -2.47. The molecule has 3 aromatic carbocycles. The predicted octanol–water partition coefficient (Wildman–Crippen LogP) is 4.82. The van der Waals surface area contributed by atoms with E-state index < -0.39 is 17.7 Å². The summed E-state index contributed by atoms with van der Waals surface area (Å²) in [5.41, 5.74) is 4.27. The van der Waals surface area contributed by atoms with Crippen LogP contribution < -0.4 is 5.32 Å². The average molecular weight is 387 g/mol. The molecule has 0 radical (unpaired) electrons. The Morgan fingerprint density at radius 1 is 0.966 bits per heavy atom. The fourth-order valence-corrected chi connectivity index (χ4v) is 3.98. The van der Waals surface area contributed by atoms with Crippen LogP contribution in [-0.4, -0.2) is 23.8 Å². The van der Waals surface area contributed by atoms with Crippen LogP contribution in [0.2, 0.25) is 0 Å². The van der Waals surface area contributed by atoms with E-state index in [0.717, 1.165) is 5.56 Å². The SMILES string of the molecule is C[C@@H](NC(=O)OCC1c2ccccc2-c2ccccc21)[C@@](C)(O)c1ccccc1. The topological polar surface area (TPSA) is 58.6 Å². The largest absolute Gasteiger partial charge is 0.449 e. The van der Waals surface area contributed by atoms with Crippen molar-refractivity contribution in [3.05, 3.63) is 95.6 Å². The molecule has 29 heavy (non-hydrogen) atoms. The molecule has 1 aliphatic carbocycles. The molecule has 4 heteroatoms. The second-order valence-corrected chi connectivity index (χ2v) is 7.71. The highest BCUT2D eigenvalue weighted by Gasteiger charge is 2.33. The monoisotopic (exact) mass is 387 g/mol. The van der Waals surface area contributed by atoms with Crippen LogP contribution in [0.4, 0.5) is 4.79 Å². The zero-order chi connectivity index (χ0) is 20.4. The van der Waals surface area contributed by atoms with E-state index in [9.17, 15) is 9.90 Å². The average Bonchev–Trinajstić information content (AvgIpc) is 3.06. The summed E-state index contributed by atoms with van der Waals surface area (Å²) in [4.78, 5) is 12.5. The molecule has 0 bridgehead atoms. The van der Waals surface area contributed by atoms with Crippen molar-refractivity contribution in [2.45, 2.75) is 31.4 Å². The number of ether oxygens (including phenoxy) is 1. The van der Waals surface area contributed by atoms with Crippen molar-refractivity contribution in [3.63, 3.8) is 0 Å². The summed E-state index contributed by atoms with van der Waals surface area (Å²) in [6, 6.07) is 25.3. The fraction of sp³-hybridized carbons (Fsp3) is 0.240. The van der Waals surface area contributed by atoms with Gasteiger partial charge < -0.3 is 15.2 Å². The number of hydrogen-bond acceptors (Lipinski definition) is 3. The van der Waals surface area contributed by atoms with E-state index in [1.165, 1.54) is 22.3 Å². The second kappa shape index (κ2) is 7.72. The van der Waals surface area contributed by atoms with E-state index in [1.54, 1.807) is 13.8 Å². The van der Waals surface area contributed by atoms with Crippen molar-refractivity contribution in [1.29, 1.82) is 0 Å². The Hall–Kier alpha value is -3.11. The number of aliphatic hydroxyl groups is 1. The van der Waals surface area contributed by atoms with Crippen LogP contribution in [0.5, 0.6) is 0 Å². The van der Waals surface area contributed by atoms with Crippen LogP contribution in [0, 0.1) is 0 Å². The minimum atomic E-state index is -1.20. The molecular weight excluding hydrogens is 362 g/mol. The van der Waals surface area contributed by atoms with Gasteiger partial charge in [0.25, 0.3) is 0 Å². The van der Waals surface area contributed by atoms with Gasteiger partial charge in [0.2, 0.25) is 0 Å². The first-order valence-electron chi connectivity index (χ1n) is 9.88. The summed E-state index contributed by atoms with van der Waals surface area (Å²) in [6.45, 7) is 3.71. The predicted molar refractivity (Wildman–Crippen MR) is 114 cm³/mol. The van der Waals surface area contributed by atoms with Gasteiger partial charge in [-0.1, -0.05) is 78.9 Å². The van der Waals surface area contributed by atoms with E-state index in [4.69, 9.17) is 4.74 Å². The number of carbonyl (C=O) groups is 1.